The van der Waals surface area contributed by atoms with E-state index in [1.807, 2.05) is 0 Å². The van der Waals surface area contributed by atoms with Gasteiger partial charge >= 0.3 is 18.0 Å². The number of aliphatic hydroxyl groups excluding tert-OH is 12. The Morgan fingerprint density at radius 3 is 1.85 bits per heavy atom. The van der Waals surface area contributed by atoms with E-state index < -0.39 is 204 Å². The lowest BCUT2D eigenvalue weighted by Crippen LogP contribution is -2.71. The van der Waals surface area contributed by atoms with Crippen LogP contribution in [0.4, 0.5) is 4.79 Å². The Morgan fingerprint density at radius 1 is 0.699 bits per heavy atom. The first kappa shape index (κ1) is 59.4. The van der Waals surface area contributed by atoms with Crippen molar-refractivity contribution in [3.63, 3.8) is 0 Å². The summed E-state index contributed by atoms with van der Waals surface area (Å²) in [6.07, 6.45) is -39.0. The maximum absolute atomic E-state index is 13.0. The zero-order chi connectivity index (χ0) is 54.1. The number of benzene rings is 1. The minimum absolute atomic E-state index is 0.242. The molecule has 1 aromatic rings. The Hall–Kier alpha value is -4.43. The molecule has 4 aliphatic rings. The molecular weight excluding hydrogens is 994 g/mol. The van der Waals surface area contributed by atoms with Gasteiger partial charge < -0.3 is 130 Å². The van der Waals surface area contributed by atoms with Crippen molar-refractivity contribution in [1.82, 2.24) is 16.0 Å². The van der Waals surface area contributed by atoms with Gasteiger partial charge in [0.2, 0.25) is 11.8 Å². The Morgan fingerprint density at radius 2 is 1.27 bits per heavy atom. The van der Waals surface area contributed by atoms with Gasteiger partial charge in [-0.1, -0.05) is 30.3 Å². The van der Waals surface area contributed by atoms with Crippen LogP contribution in [0.1, 0.15) is 25.8 Å². The van der Waals surface area contributed by atoms with Crippen molar-refractivity contribution >= 4 is 29.8 Å². The van der Waals surface area contributed by atoms with Crippen LogP contribution < -0.4 is 16.0 Å². The number of amides is 3. The molecule has 0 aromatic heterocycles. The van der Waals surface area contributed by atoms with Crippen LogP contribution >= 0.6 is 0 Å². The molecule has 31 heteroatoms. The predicted octanol–water partition coefficient (Wildman–Crippen LogP) is -8.85. The van der Waals surface area contributed by atoms with Crippen LogP contribution in [0.5, 0.6) is 0 Å². The van der Waals surface area contributed by atoms with E-state index >= 15 is 0 Å². The Balaban J connectivity index is 1.38. The van der Waals surface area contributed by atoms with Crippen molar-refractivity contribution in [3.05, 3.63) is 35.9 Å². The van der Waals surface area contributed by atoms with E-state index in [0.717, 1.165) is 13.8 Å². The molecular formula is C42H63N3O28. The molecule has 22 atom stereocenters. The van der Waals surface area contributed by atoms with Gasteiger partial charge in [-0.3, -0.25) is 9.59 Å². The molecule has 0 bridgehead atoms. The summed E-state index contributed by atoms with van der Waals surface area (Å²) in [5.41, 5.74) is 0.570. The largest absolute Gasteiger partial charge is 0.480 e. The molecule has 0 aliphatic carbocycles. The van der Waals surface area contributed by atoms with Gasteiger partial charge in [-0.2, -0.15) is 0 Å². The van der Waals surface area contributed by atoms with Crippen LogP contribution in [0.3, 0.4) is 0 Å². The lowest BCUT2D eigenvalue weighted by atomic mass is 9.88. The van der Waals surface area contributed by atoms with Gasteiger partial charge in [-0.05, 0) is 5.56 Å². The minimum Gasteiger partial charge on any atom is -0.480 e. The maximum Gasteiger partial charge on any atom is 0.408 e. The molecule has 4 saturated heterocycles. The van der Waals surface area contributed by atoms with Crippen molar-refractivity contribution in [2.24, 2.45) is 0 Å². The number of hydrogen-bond donors (Lipinski definition) is 17. The van der Waals surface area contributed by atoms with Crippen molar-refractivity contribution in [2.75, 3.05) is 33.0 Å². The quantitative estimate of drug-likeness (QED) is 0.0513. The van der Waals surface area contributed by atoms with Crippen LogP contribution in [-0.4, -0.2) is 269 Å². The van der Waals surface area contributed by atoms with E-state index in [1.54, 1.807) is 30.3 Å². The number of ether oxygens (including phenoxy) is 9. The zero-order valence-corrected chi connectivity index (χ0v) is 38.9. The third-order valence-corrected chi connectivity index (χ3v) is 12.2. The van der Waals surface area contributed by atoms with Gasteiger partial charge in [-0.25, -0.2) is 14.4 Å². The second-order valence-electron chi connectivity index (χ2n) is 17.4. The smallest absolute Gasteiger partial charge is 0.408 e. The van der Waals surface area contributed by atoms with E-state index in [1.165, 1.54) is 0 Å². The summed E-state index contributed by atoms with van der Waals surface area (Å²) in [5.74, 6) is -8.58. The number of rotatable bonds is 22. The topological polar surface area (TPSA) is 488 Å². The molecule has 4 heterocycles. The molecule has 414 valence electrons. The van der Waals surface area contributed by atoms with E-state index in [-0.39, 0.29) is 6.61 Å². The molecule has 1 aromatic carbocycles. The highest BCUT2D eigenvalue weighted by molar-refractivity contribution is 5.80. The molecule has 17 N–H and O–H groups in total. The average Bonchev–Trinajstić information content (AvgIpc) is 3.35. The number of nitrogens with one attached hydrogen (secondary N) is 3. The fourth-order valence-corrected chi connectivity index (χ4v) is 8.43. The molecule has 0 saturated carbocycles. The van der Waals surface area contributed by atoms with Crippen LogP contribution in [0.25, 0.3) is 0 Å². The fraction of sp³-hybridized carbons (Fsp3) is 0.738. The number of hydrogen-bond acceptors (Lipinski definition) is 26. The first-order valence-corrected chi connectivity index (χ1v) is 22.6. The third-order valence-electron chi connectivity index (χ3n) is 12.2. The molecule has 73 heavy (non-hydrogen) atoms. The fourth-order valence-electron chi connectivity index (χ4n) is 8.43. The SMILES string of the molecule is CC(=O)N[C@H]1[C@H](O[C@@H]2[C@@H](OC[C@H](NC(=O)OCc3ccccc3)C(=O)O)O[C@H](CO)[C@@H](O)[C@@H]2O)O[C@H](CO)[C@@H](O[C@@H]2O[C@H](CO)[C@H](O)[C@H](O[C@]3(C(=O)O)C[C@H](O)[C@@H](NC(C)=O)[C@H]([C@H](O)[C@H](O)CO)O3)[C@H]2O)[C@@H]1O. The third kappa shape index (κ3) is 14.3. The summed E-state index contributed by atoms with van der Waals surface area (Å²) in [6.45, 7) is -3.49. The monoisotopic (exact) mass is 1060 g/mol. The highest BCUT2D eigenvalue weighted by atomic mass is 16.8. The summed E-state index contributed by atoms with van der Waals surface area (Å²) < 4.78 is 50.8. The molecule has 31 nitrogen and oxygen atoms in total. The van der Waals surface area contributed by atoms with Gasteiger partial charge in [0.1, 0.15) is 98.1 Å². The van der Waals surface area contributed by atoms with Gasteiger partial charge in [-0.15, -0.1) is 0 Å². The summed E-state index contributed by atoms with van der Waals surface area (Å²) >= 11 is 0. The van der Waals surface area contributed by atoms with Gasteiger partial charge in [0, 0.05) is 20.3 Å². The van der Waals surface area contributed by atoms with E-state index in [4.69, 9.17) is 42.6 Å². The minimum atomic E-state index is -3.18. The number of aliphatic hydroxyl groups is 12. The van der Waals surface area contributed by atoms with Crippen molar-refractivity contribution < 1.29 is 138 Å². The maximum atomic E-state index is 13.0. The van der Waals surface area contributed by atoms with Crippen molar-refractivity contribution in [1.29, 1.82) is 0 Å². The molecule has 0 unspecified atom stereocenters. The van der Waals surface area contributed by atoms with Gasteiger partial charge in [0.15, 0.2) is 24.9 Å². The van der Waals surface area contributed by atoms with Crippen molar-refractivity contribution in [3.8, 4) is 0 Å². The van der Waals surface area contributed by atoms with Crippen LogP contribution in [0, 0.1) is 0 Å². The lowest BCUT2D eigenvalue weighted by molar-refractivity contribution is -0.388. The van der Waals surface area contributed by atoms with Gasteiger partial charge in [0.05, 0.1) is 45.2 Å². The normalized spacial score (nSPS) is 38.0. The average molecular weight is 1060 g/mol. The zero-order valence-electron chi connectivity index (χ0n) is 38.9. The number of alkyl carbamates (subject to hydrolysis) is 1. The van der Waals surface area contributed by atoms with Crippen LogP contribution in [0.15, 0.2) is 30.3 Å². The second kappa shape index (κ2) is 26.4. The molecule has 5 rings (SSSR count). The lowest BCUT2D eigenvalue weighted by Gasteiger charge is -2.51. The summed E-state index contributed by atoms with van der Waals surface area (Å²) in [4.78, 5) is 62.3. The number of aliphatic carboxylic acids is 2. The molecule has 0 spiro atoms. The highest BCUT2D eigenvalue weighted by Crippen LogP contribution is 2.39. The van der Waals surface area contributed by atoms with E-state index in [2.05, 4.69) is 16.0 Å². The summed E-state index contributed by atoms with van der Waals surface area (Å²) in [6, 6.07) is 3.00. The van der Waals surface area contributed by atoms with Crippen LogP contribution in [0.2, 0.25) is 0 Å². The standard InChI is InChI=1S/C42H63N3O28/c1-15(50)43-24-19(52)8-42(40(62)63,72-33(24)26(54)20(53)9-46)73-34-28(56)22(11-48)67-38(31(34)59)70-32-23(12-49)69-37(25(29(32)57)44-16(2)51)71-35-30(58)27(55)21(10-47)68-39(35)65-14-18(36(60)61)45-41(64)66-13-17-6-4-3-5-7-17/h3-7,18-35,37-39,46-49,52-59H,8-14H2,1-2H3,(H,43,50)(H,44,51)(H,45,64)(H,60,61)(H,62,63)/t18-,19-,20+,21+,22+,23+,24+,25+,26+,27+,28-,29+,30-,31+,32+,33+,34-,35-,37-,38-,39-,42-/m0/s1. The predicted molar refractivity (Wildman–Crippen MR) is 229 cm³/mol. The first-order valence-electron chi connectivity index (χ1n) is 22.6. The molecule has 0 radical (unpaired) electrons. The van der Waals surface area contributed by atoms with Crippen LogP contribution in [-0.2, 0) is 68.4 Å². The van der Waals surface area contributed by atoms with Crippen molar-refractivity contribution in [2.45, 2.75) is 161 Å². The summed E-state index contributed by atoms with van der Waals surface area (Å²) in [5, 5.41) is 156. The van der Waals surface area contributed by atoms with E-state index in [9.17, 15) is 95.5 Å². The molecule has 4 fully saturated rings. The van der Waals surface area contributed by atoms with Gasteiger partial charge in [0.25, 0.3) is 5.79 Å². The number of carboxylic acid groups (broad SMARTS) is 2. The Kier molecular flexibility index (Phi) is 21.5. The second-order valence-corrected chi connectivity index (χ2v) is 17.4. The number of carbonyl (C=O) groups excluding carboxylic acids is 3. The highest BCUT2D eigenvalue weighted by Gasteiger charge is 2.61. The molecule has 4 aliphatic heterocycles. The summed E-state index contributed by atoms with van der Waals surface area (Å²) in [7, 11) is 0. The van der Waals surface area contributed by atoms with E-state index in [0.29, 0.717) is 5.56 Å². The molecule has 3 amide bonds. The number of carboxylic acids is 2. The Bertz CT molecular complexity index is 1980. The first-order chi connectivity index (χ1) is 34.5. The number of carbonyl (C=O) groups is 5. The Labute approximate surface area is 413 Å².